The number of piperidine rings is 2. The molecule has 0 spiro atoms. The number of carbonyl (C=O) groups excluding carboxylic acids is 2. The molecule has 2 heterocycles. The van der Waals surface area contributed by atoms with Crippen LogP contribution in [0.5, 0.6) is 0 Å². The summed E-state index contributed by atoms with van der Waals surface area (Å²) >= 11 is 6.44. The van der Waals surface area contributed by atoms with Crippen molar-refractivity contribution in [3.63, 3.8) is 0 Å². The number of likely N-dealkylation sites (tertiary alicyclic amines) is 2. The molecule has 0 saturated carbocycles. The molecule has 2 fully saturated rings. The van der Waals surface area contributed by atoms with E-state index in [0.717, 1.165) is 29.9 Å². The topological polar surface area (TPSA) is 90.0 Å². The van der Waals surface area contributed by atoms with Gasteiger partial charge in [0.1, 0.15) is 0 Å². The summed E-state index contributed by atoms with van der Waals surface area (Å²) in [6.07, 6.45) is 3.28. The number of anilines is 2. The number of benzene rings is 2. The summed E-state index contributed by atoms with van der Waals surface area (Å²) in [5.74, 6) is 0.00544. The average Bonchev–Trinajstić information content (AvgIpc) is 2.97. The fourth-order valence-corrected chi connectivity index (χ4v) is 7.85. The number of rotatable bonds is 10. The number of nitrogens with zero attached hydrogens (tertiary/aromatic N) is 3. The molecule has 2 aliphatic heterocycles. The number of sulfone groups is 1. The van der Waals surface area contributed by atoms with Crippen LogP contribution >= 0.6 is 11.6 Å². The molecule has 0 bridgehead atoms. The number of carbonyl (C=O) groups is 2. The SMILES string of the molecule is CC(=O)N1CCC(C(=O)N(CCCN2CCC(S(=O)(=O)c3ccc(NC(C)C)cc3)CC2)c2ccc(C)c(Cl)c2)CC1. The van der Waals surface area contributed by atoms with E-state index in [9.17, 15) is 18.0 Å². The first-order valence-electron chi connectivity index (χ1n) is 15.1. The van der Waals surface area contributed by atoms with Gasteiger partial charge >= 0.3 is 0 Å². The fraction of sp³-hybridized carbons (Fsp3) is 0.562. The zero-order valence-electron chi connectivity index (χ0n) is 25.3. The molecule has 0 aromatic heterocycles. The molecule has 2 aromatic rings. The number of hydrogen-bond donors (Lipinski definition) is 1. The Labute approximate surface area is 256 Å². The van der Waals surface area contributed by atoms with Crippen LogP contribution in [0.4, 0.5) is 11.4 Å². The van der Waals surface area contributed by atoms with Crippen LogP contribution in [-0.2, 0) is 19.4 Å². The molecule has 2 aliphatic rings. The van der Waals surface area contributed by atoms with E-state index in [2.05, 4.69) is 10.2 Å². The predicted molar refractivity (Wildman–Crippen MR) is 170 cm³/mol. The van der Waals surface area contributed by atoms with Crippen molar-refractivity contribution in [3.8, 4) is 0 Å². The molecule has 0 radical (unpaired) electrons. The van der Waals surface area contributed by atoms with E-state index in [0.29, 0.717) is 68.3 Å². The highest BCUT2D eigenvalue weighted by molar-refractivity contribution is 7.92. The molecular weight excluding hydrogens is 572 g/mol. The molecule has 10 heteroatoms. The molecule has 0 atom stereocenters. The maximum atomic E-state index is 13.7. The minimum Gasteiger partial charge on any atom is -0.383 e. The molecular formula is C32H45ClN4O4S. The van der Waals surface area contributed by atoms with Gasteiger partial charge in [-0.15, -0.1) is 0 Å². The minimum absolute atomic E-state index is 0.0523. The summed E-state index contributed by atoms with van der Waals surface area (Å²) in [6, 6.07) is 13.1. The third-order valence-corrected chi connectivity index (χ3v) is 11.2. The third kappa shape index (κ3) is 8.05. The molecule has 2 amide bonds. The first-order valence-corrected chi connectivity index (χ1v) is 17.0. The van der Waals surface area contributed by atoms with Gasteiger partial charge < -0.3 is 20.0 Å². The normalized spacial score (nSPS) is 17.4. The lowest BCUT2D eigenvalue weighted by atomic mass is 9.94. The molecule has 2 aromatic carbocycles. The molecule has 0 unspecified atom stereocenters. The van der Waals surface area contributed by atoms with Crippen molar-refractivity contribution in [2.24, 2.45) is 5.92 Å². The fourth-order valence-electron chi connectivity index (χ4n) is 5.94. The quantitative estimate of drug-likeness (QED) is 0.385. The van der Waals surface area contributed by atoms with Crippen LogP contribution in [0, 0.1) is 12.8 Å². The zero-order chi connectivity index (χ0) is 30.4. The lowest BCUT2D eigenvalue weighted by Crippen LogP contribution is -2.45. The molecule has 4 rings (SSSR count). The molecule has 8 nitrogen and oxygen atoms in total. The Balaban J connectivity index is 1.33. The standard InChI is InChI=1S/C32H45ClN4O4S/c1-23(2)34-27-7-10-29(11-8-27)42(40,41)30-14-18-35(19-15-30)16-5-17-37(28-9-6-24(3)31(33)22-28)32(39)26-12-20-36(21-13-26)25(4)38/h6-11,22-23,26,30,34H,5,12-21H2,1-4H3. The van der Waals surface area contributed by atoms with Gasteiger partial charge in [-0.3, -0.25) is 9.59 Å². The van der Waals surface area contributed by atoms with Crippen LogP contribution in [-0.4, -0.2) is 80.6 Å². The Morgan fingerprint density at radius 3 is 2.21 bits per heavy atom. The molecule has 1 N–H and O–H groups in total. The van der Waals surface area contributed by atoms with Crippen molar-refractivity contribution in [3.05, 3.63) is 53.1 Å². The van der Waals surface area contributed by atoms with Crippen LogP contribution in [0.15, 0.2) is 47.4 Å². The Bertz CT molecular complexity index is 1330. The van der Waals surface area contributed by atoms with Crippen molar-refractivity contribution in [2.45, 2.75) is 76.0 Å². The summed E-state index contributed by atoms with van der Waals surface area (Å²) in [5.41, 5.74) is 2.67. The summed E-state index contributed by atoms with van der Waals surface area (Å²) < 4.78 is 26.6. The van der Waals surface area contributed by atoms with E-state index in [1.54, 1.807) is 24.0 Å². The lowest BCUT2D eigenvalue weighted by molar-refractivity contribution is -0.133. The highest BCUT2D eigenvalue weighted by atomic mass is 35.5. The summed E-state index contributed by atoms with van der Waals surface area (Å²) in [6.45, 7) is 11.6. The zero-order valence-corrected chi connectivity index (χ0v) is 26.9. The van der Waals surface area contributed by atoms with E-state index in [-0.39, 0.29) is 29.0 Å². The lowest BCUT2D eigenvalue weighted by Gasteiger charge is -2.35. The highest BCUT2D eigenvalue weighted by Gasteiger charge is 2.32. The maximum absolute atomic E-state index is 13.7. The van der Waals surface area contributed by atoms with Crippen LogP contribution in [0.2, 0.25) is 5.02 Å². The van der Waals surface area contributed by atoms with E-state index in [4.69, 9.17) is 11.6 Å². The van der Waals surface area contributed by atoms with Gasteiger partial charge in [0, 0.05) is 54.9 Å². The van der Waals surface area contributed by atoms with Crippen LogP contribution < -0.4 is 10.2 Å². The van der Waals surface area contributed by atoms with E-state index in [1.165, 1.54) is 0 Å². The number of halogens is 1. The van der Waals surface area contributed by atoms with Crippen LogP contribution in [0.1, 0.15) is 58.4 Å². The second kappa shape index (κ2) is 14.2. The first-order chi connectivity index (χ1) is 20.0. The van der Waals surface area contributed by atoms with Crippen molar-refractivity contribution in [1.29, 1.82) is 0 Å². The largest absolute Gasteiger partial charge is 0.383 e. The third-order valence-electron chi connectivity index (χ3n) is 8.49. The van der Waals surface area contributed by atoms with Crippen molar-refractivity contribution < 1.29 is 18.0 Å². The van der Waals surface area contributed by atoms with Crippen molar-refractivity contribution >= 4 is 44.6 Å². The van der Waals surface area contributed by atoms with Gasteiger partial charge in [0.2, 0.25) is 11.8 Å². The molecule has 0 aliphatic carbocycles. The van der Waals surface area contributed by atoms with Gasteiger partial charge in [-0.05, 0) is 114 Å². The first kappa shape index (κ1) is 32.3. The molecule has 230 valence electrons. The highest BCUT2D eigenvalue weighted by Crippen LogP contribution is 2.29. The van der Waals surface area contributed by atoms with Gasteiger partial charge in [-0.25, -0.2) is 8.42 Å². The maximum Gasteiger partial charge on any atom is 0.230 e. The predicted octanol–water partition coefficient (Wildman–Crippen LogP) is 5.39. The van der Waals surface area contributed by atoms with E-state index < -0.39 is 9.84 Å². The average molecular weight is 617 g/mol. The van der Waals surface area contributed by atoms with Crippen molar-refractivity contribution in [1.82, 2.24) is 9.80 Å². The Morgan fingerprint density at radius 2 is 1.64 bits per heavy atom. The van der Waals surface area contributed by atoms with E-state index in [1.807, 2.05) is 56.0 Å². The Morgan fingerprint density at radius 1 is 1.00 bits per heavy atom. The summed E-state index contributed by atoms with van der Waals surface area (Å²) in [4.78, 5) is 31.8. The van der Waals surface area contributed by atoms with Crippen LogP contribution in [0.25, 0.3) is 0 Å². The number of amides is 2. The van der Waals surface area contributed by atoms with E-state index >= 15 is 0 Å². The number of aryl methyl sites for hydroxylation is 1. The smallest absolute Gasteiger partial charge is 0.230 e. The van der Waals surface area contributed by atoms with Crippen LogP contribution in [0.3, 0.4) is 0 Å². The Hall–Kier alpha value is -2.62. The summed E-state index contributed by atoms with van der Waals surface area (Å²) in [5, 5.41) is 3.54. The number of nitrogens with one attached hydrogen (secondary N) is 1. The Kier molecular flexibility index (Phi) is 10.9. The van der Waals surface area contributed by atoms with Gasteiger partial charge in [-0.2, -0.15) is 0 Å². The van der Waals surface area contributed by atoms with Gasteiger partial charge in [0.05, 0.1) is 10.1 Å². The number of hydrogen-bond acceptors (Lipinski definition) is 6. The van der Waals surface area contributed by atoms with Gasteiger partial charge in [0.15, 0.2) is 9.84 Å². The second-order valence-corrected chi connectivity index (χ2v) is 14.6. The monoisotopic (exact) mass is 616 g/mol. The van der Waals surface area contributed by atoms with Crippen molar-refractivity contribution in [2.75, 3.05) is 49.5 Å². The van der Waals surface area contributed by atoms with Gasteiger partial charge in [-0.1, -0.05) is 17.7 Å². The summed E-state index contributed by atoms with van der Waals surface area (Å²) in [7, 11) is -3.39. The second-order valence-electron chi connectivity index (χ2n) is 12.0. The molecule has 2 saturated heterocycles. The van der Waals surface area contributed by atoms with Gasteiger partial charge in [0.25, 0.3) is 0 Å². The molecule has 42 heavy (non-hydrogen) atoms. The minimum atomic E-state index is -3.39.